The molecule has 1 amide bonds. The normalized spacial score (nSPS) is 22.4. The number of rotatable bonds is 69. The minimum atomic E-state index is -1.79. The Labute approximate surface area is 594 Å². The molecule has 2 aliphatic heterocycles. The number of aliphatic hydroxyl groups is 8. The number of aliphatic hydroxyl groups excluding tert-OH is 8. The van der Waals surface area contributed by atoms with E-state index in [1.807, 2.05) is 6.08 Å². The summed E-state index contributed by atoms with van der Waals surface area (Å²) in [6, 6.07) is -0.934. The Morgan fingerprint density at radius 3 is 1.08 bits per heavy atom. The van der Waals surface area contributed by atoms with E-state index in [4.69, 9.17) is 18.9 Å². The van der Waals surface area contributed by atoms with Crippen molar-refractivity contribution in [2.75, 3.05) is 19.8 Å². The summed E-state index contributed by atoms with van der Waals surface area (Å²) in [5, 5.41) is 87.7. The molecule has 0 bridgehead atoms. The lowest BCUT2D eigenvalue weighted by atomic mass is 9.97. The summed E-state index contributed by atoms with van der Waals surface area (Å²) in [5.74, 6) is -0.243. The second-order valence-electron chi connectivity index (χ2n) is 28.9. The van der Waals surface area contributed by atoms with Gasteiger partial charge < -0.3 is 65.1 Å². The molecule has 0 saturated carbocycles. The molecule has 0 aromatic carbocycles. The third kappa shape index (κ3) is 49.9. The zero-order valence-electron chi connectivity index (χ0n) is 62.3. The molecule has 0 aromatic heterocycles. The predicted molar refractivity (Wildman–Crippen MR) is 401 cm³/mol. The van der Waals surface area contributed by atoms with E-state index in [-0.39, 0.29) is 18.9 Å². The number of hydrogen-bond acceptors (Lipinski definition) is 13. The van der Waals surface area contributed by atoms with Gasteiger partial charge in [0.25, 0.3) is 0 Å². The highest BCUT2D eigenvalue weighted by Gasteiger charge is 2.51. The van der Waals surface area contributed by atoms with Gasteiger partial charge in [0, 0.05) is 6.42 Å². The standard InChI is InChI=1S/C83H153NO13/c1-3-5-7-9-11-13-15-17-19-21-23-25-27-29-31-33-34-35-36-37-38-39-41-43-45-47-49-51-53-55-57-59-61-63-65-67-75(88)84-71(70-94-82-80(93)78(91)81(74(69-86)96-82)97-83-79(92)77(90)76(89)73(68-85)95-83)72(87)66-64-62-60-58-56-54-52-50-48-46-44-42-40-32-30-28-26-24-22-20-18-16-14-12-10-8-6-4-2/h15,17,21,23,27,29,56,58,64,66,71-74,76-83,85-87,89-93H,3-14,16,18-20,22,24-26,28,30-55,57,59-63,65,67-70H2,1-2H3,(H,84,88)/b17-15-,23-21-,29-27-,58-56+,66-64+. The van der Waals surface area contributed by atoms with Crippen LogP contribution in [-0.2, 0) is 23.7 Å². The van der Waals surface area contributed by atoms with Crippen LogP contribution < -0.4 is 5.32 Å². The van der Waals surface area contributed by atoms with Gasteiger partial charge in [0.2, 0.25) is 5.91 Å². The first-order chi connectivity index (χ1) is 47.6. The third-order valence-corrected chi connectivity index (χ3v) is 19.9. The van der Waals surface area contributed by atoms with Gasteiger partial charge in [-0.25, -0.2) is 0 Å². The van der Waals surface area contributed by atoms with Crippen molar-refractivity contribution < 1.29 is 64.6 Å². The number of allylic oxidation sites excluding steroid dienone is 9. The maximum atomic E-state index is 13.4. The first-order valence-electron chi connectivity index (χ1n) is 41.0. The summed E-state index contributed by atoms with van der Waals surface area (Å²) in [5.41, 5.74) is 0. The minimum Gasteiger partial charge on any atom is -0.394 e. The van der Waals surface area contributed by atoms with Crippen LogP contribution in [0.25, 0.3) is 0 Å². The quantitative estimate of drug-likeness (QED) is 0.0204. The number of carbonyl (C=O) groups excluding carboxylic acids is 1. The average molecular weight is 1370 g/mol. The SMILES string of the molecule is CCCCCCC/C=C\C/C=C\C/C=C\CCCCCCCCCCCCCCCCCCCCCCC(=O)NC(COC1OC(CO)C(OC2OC(CO)C(O)C(O)C2O)C(O)C1O)C(O)/C=C/CC/C=C/CCCCCCCCCCCCCCCCCCCCCCCC. The molecule has 14 nitrogen and oxygen atoms in total. The number of unbranched alkanes of at least 4 members (excludes halogenated alkanes) is 48. The molecule has 2 saturated heterocycles. The van der Waals surface area contributed by atoms with Crippen molar-refractivity contribution in [1.29, 1.82) is 0 Å². The lowest BCUT2D eigenvalue weighted by molar-refractivity contribution is -0.359. The molecular weight excluding hydrogens is 1220 g/mol. The molecule has 14 heteroatoms. The number of amides is 1. The monoisotopic (exact) mass is 1370 g/mol. The van der Waals surface area contributed by atoms with Gasteiger partial charge in [-0.1, -0.05) is 351 Å². The fourth-order valence-corrected chi connectivity index (χ4v) is 13.4. The van der Waals surface area contributed by atoms with Crippen molar-refractivity contribution in [1.82, 2.24) is 5.32 Å². The molecule has 12 atom stereocenters. The molecule has 2 heterocycles. The molecule has 2 fully saturated rings. The van der Waals surface area contributed by atoms with E-state index in [1.54, 1.807) is 6.08 Å². The summed E-state index contributed by atoms with van der Waals surface area (Å²) in [4.78, 5) is 13.4. The summed E-state index contributed by atoms with van der Waals surface area (Å²) < 4.78 is 22.9. The average Bonchev–Trinajstić information content (AvgIpc) is 0.793. The van der Waals surface area contributed by atoms with Crippen LogP contribution in [0.2, 0.25) is 0 Å². The highest BCUT2D eigenvalue weighted by Crippen LogP contribution is 2.30. The first-order valence-corrected chi connectivity index (χ1v) is 41.0. The fourth-order valence-electron chi connectivity index (χ4n) is 13.4. The van der Waals surface area contributed by atoms with E-state index in [0.29, 0.717) is 12.8 Å². The van der Waals surface area contributed by atoms with Crippen LogP contribution in [0.4, 0.5) is 0 Å². The summed E-state index contributed by atoms with van der Waals surface area (Å²) >= 11 is 0. The number of hydrogen-bond donors (Lipinski definition) is 9. The lowest BCUT2D eigenvalue weighted by Crippen LogP contribution is -2.65. The van der Waals surface area contributed by atoms with Crippen molar-refractivity contribution in [3.8, 4) is 0 Å². The van der Waals surface area contributed by atoms with Crippen molar-refractivity contribution in [3.63, 3.8) is 0 Å². The summed E-state index contributed by atoms with van der Waals surface area (Å²) in [6.07, 6.45) is 74.5. The number of nitrogens with one attached hydrogen (secondary N) is 1. The summed E-state index contributed by atoms with van der Waals surface area (Å²) in [7, 11) is 0. The van der Waals surface area contributed by atoms with Gasteiger partial charge in [-0.3, -0.25) is 4.79 Å². The maximum Gasteiger partial charge on any atom is 0.220 e. The zero-order chi connectivity index (χ0) is 70.1. The largest absolute Gasteiger partial charge is 0.394 e. The highest BCUT2D eigenvalue weighted by molar-refractivity contribution is 5.76. The van der Waals surface area contributed by atoms with E-state index in [2.05, 4.69) is 67.8 Å². The van der Waals surface area contributed by atoms with E-state index < -0.39 is 86.8 Å². The van der Waals surface area contributed by atoms with Gasteiger partial charge in [0.15, 0.2) is 12.6 Å². The fraction of sp³-hybridized carbons (Fsp3) is 0.867. The van der Waals surface area contributed by atoms with Crippen molar-refractivity contribution in [2.45, 2.75) is 441 Å². The molecule has 0 aliphatic carbocycles. The van der Waals surface area contributed by atoms with Crippen LogP contribution in [0.15, 0.2) is 60.8 Å². The third-order valence-electron chi connectivity index (χ3n) is 19.9. The van der Waals surface area contributed by atoms with Crippen LogP contribution in [0.3, 0.4) is 0 Å². The number of carbonyl (C=O) groups is 1. The summed E-state index contributed by atoms with van der Waals surface area (Å²) in [6.45, 7) is 2.83. The van der Waals surface area contributed by atoms with Gasteiger partial charge in [0.05, 0.1) is 32.0 Å². The van der Waals surface area contributed by atoms with E-state index in [0.717, 1.165) is 44.9 Å². The molecule has 12 unspecified atom stereocenters. The van der Waals surface area contributed by atoms with Crippen LogP contribution in [0.5, 0.6) is 0 Å². The number of ether oxygens (including phenoxy) is 4. The second kappa shape index (κ2) is 66.9. The van der Waals surface area contributed by atoms with E-state index in [9.17, 15) is 45.6 Å². The molecule has 97 heavy (non-hydrogen) atoms. The van der Waals surface area contributed by atoms with Gasteiger partial charge in [-0.2, -0.15) is 0 Å². The molecule has 0 aromatic rings. The van der Waals surface area contributed by atoms with E-state index >= 15 is 0 Å². The molecular formula is C83H153NO13. The van der Waals surface area contributed by atoms with Crippen molar-refractivity contribution in [2.24, 2.45) is 0 Å². The first kappa shape index (κ1) is 90.8. The van der Waals surface area contributed by atoms with Gasteiger partial charge >= 0.3 is 0 Å². The van der Waals surface area contributed by atoms with Crippen LogP contribution in [0.1, 0.15) is 367 Å². The Morgan fingerprint density at radius 2 is 0.691 bits per heavy atom. The Balaban J connectivity index is 1.61. The molecule has 568 valence electrons. The van der Waals surface area contributed by atoms with Crippen molar-refractivity contribution in [3.05, 3.63) is 60.8 Å². The molecule has 9 N–H and O–H groups in total. The Kier molecular flexibility index (Phi) is 62.6. The lowest BCUT2D eigenvalue weighted by Gasteiger charge is -2.46. The topological polar surface area (TPSA) is 228 Å². The molecule has 0 radical (unpaired) electrons. The second-order valence-corrected chi connectivity index (χ2v) is 28.9. The molecule has 2 rings (SSSR count). The van der Waals surface area contributed by atoms with Crippen molar-refractivity contribution >= 4 is 5.91 Å². The van der Waals surface area contributed by atoms with E-state index in [1.165, 1.54) is 289 Å². The minimum absolute atomic E-state index is 0.243. The Bertz CT molecular complexity index is 1860. The predicted octanol–water partition coefficient (Wildman–Crippen LogP) is 18.7. The Morgan fingerprint density at radius 1 is 0.371 bits per heavy atom. The van der Waals surface area contributed by atoms with Crippen LogP contribution in [-0.4, -0.2) is 140 Å². The van der Waals surface area contributed by atoms with Gasteiger partial charge in [-0.15, -0.1) is 0 Å². The highest BCUT2D eigenvalue weighted by atomic mass is 16.7. The van der Waals surface area contributed by atoms with Crippen LogP contribution >= 0.6 is 0 Å². The van der Waals surface area contributed by atoms with Gasteiger partial charge in [-0.05, 0) is 70.6 Å². The maximum absolute atomic E-state index is 13.4. The smallest absolute Gasteiger partial charge is 0.220 e. The zero-order valence-corrected chi connectivity index (χ0v) is 62.3. The van der Waals surface area contributed by atoms with Crippen LogP contribution in [0, 0.1) is 0 Å². The van der Waals surface area contributed by atoms with Gasteiger partial charge in [0.1, 0.15) is 48.8 Å². The Hall–Kier alpha value is -2.31. The molecule has 0 spiro atoms. The molecule has 2 aliphatic rings.